The summed E-state index contributed by atoms with van der Waals surface area (Å²) >= 11 is 3.60. The predicted octanol–water partition coefficient (Wildman–Crippen LogP) is 6.13. The molecule has 9 heteroatoms. The fourth-order valence-electron chi connectivity index (χ4n) is 4.40. The molecule has 3 aromatic carbocycles. The lowest BCUT2D eigenvalue weighted by atomic mass is 10.1. The van der Waals surface area contributed by atoms with Gasteiger partial charge in [0.15, 0.2) is 0 Å². The number of carbonyl (C=O) groups is 1. The van der Waals surface area contributed by atoms with Crippen molar-refractivity contribution >= 4 is 43.8 Å². The third kappa shape index (κ3) is 5.99. The molecule has 1 N–H and O–H groups in total. The van der Waals surface area contributed by atoms with Crippen LogP contribution in [0, 0.1) is 34.6 Å². The second-order valence-electron chi connectivity index (χ2n) is 9.45. The van der Waals surface area contributed by atoms with Crippen molar-refractivity contribution in [2.75, 3.05) is 10.8 Å². The molecule has 0 saturated heterocycles. The van der Waals surface area contributed by atoms with Gasteiger partial charge < -0.3 is 4.57 Å². The highest BCUT2D eigenvalue weighted by molar-refractivity contribution is 9.10. The zero-order valence-electron chi connectivity index (χ0n) is 22.6. The van der Waals surface area contributed by atoms with Crippen LogP contribution in [0.4, 0.5) is 5.69 Å². The van der Waals surface area contributed by atoms with Crippen LogP contribution < -0.4 is 9.73 Å². The maximum absolute atomic E-state index is 13.7. The average molecular weight is 608 g/mol. The molecular formula is C30H31BrN4O3S. The summed E-state index contributed by atoms with van der Waals surface area (Å²) in [5.41, 5.74) is 9.42. The number of halogens is 1. The number of amides is 1. The normalized spacial score (nSPS) is 11.6. The maximum atomic E-state index is 13.7. The summed E-state index contributed by atoms with van der Waals surface area (Å²) in [6.07, 6.45) is 1.57. The number of carbonyl (C=O) groups excluding carboxylic acids is 1. The van der Waals surface area contributed by atoms with Crippen LogP contribution in [0.15, 0.2) is 87.3 Å². The smallest absolute Gasteiger partial charge is 0.264 e. The number of hydrogen-bond donors (Lipinski definition) is 1. The SMILES string of the molecule is Cc1ccc(S(=O)(=O)N(CC(=O)N/N=C\c2cc(C)n(-c3ccccc3Br)c2C)c2cccc(C)c2C)cc1. The number of benzene rings is 3. The molecule has 7 nitrogen and oxygen atoms in total. The van der Waals surface area contributed by atoms with E-state index in [1.807, 2.05) is 71.0 Å². The third-order valence-corrected chi connectivity index (χ3v) is 9.14. The summed E-state index contributed by atoms with van der Waals surface area (Å²) in [5, 5.41) is 4.15. The van der Waals surface area contributed by atoms with Crippen LogP contribution in [0.3, 0.4) is 0 Å². The minimum Gasteiger partial charge on any atom is -0.317 e. The molecule has 1 heterocycles. The number of nitrogens with one attached hydrogen (secondary N) is 1. The number of sulfonamides is 1. The summed E-state index contributed by atoms with van der Waals surface area (Å²) in [5.74, 6) is -0.553. The van der Waals surface area contributed by atoms with Gasteiger partial charge in [0.1, 0.15) is 6.54 Å². The lowest BCUT2D eigenvalue weighted by molar-refractivity contribution is -0.119. The highest BCUT2D eigenvalue weighted by atomic mass is 79.9. The molecule has 0 spiro atoms. The van der Waals surface area contributed by atoms with E-state index in [4.69, 9.17) is 0 Å². The monoisotopic (exact) mass is 606 g/mol. The first-order valence-corrected chi connectivity index (χ1v) is 14.7. The predicted molar refractivity (Wildman–Crippen MR) is 160 cm³/mol. The first-order chi connectivity index (χ1) is 18.5. The molecule has 0 bridgehead atoms. The Morgan fingerprint density at radius 3 is 2.36 bits per heavy atom. The quantitative estimate of drug-likeness (QED) is 0.193. The van der Waals surface area contributed by atoms with Crippen LogP contribution in [0.5, 0.6) is 0 Å². The summed E-state index contributed by atoms with van der Waals surface area (Å²) in [7, 11) is -4.01. The number of para-hydroxylation sites is 1. The van der Waals surface area contributed by atoms with Gasteiger partial charge in [0.05, 0.1) is 22.5 Å². The number of rotatable bonds is 8. The van der Waals surface area contributed by atoms with E-state index in [2.05, 4.69) is 31.0 Å². The van der Waals surface area contributed by atoms with Gasteiger partial charge in [-0.2, -0.15) is 5.10 Å². The van der Waals surface area contributed by atoms with Crippen LogP contribution in [-0.4, -0.2) is 31.7 Å². The van der Waals surface area contributed by atoms with E-state index in [9.17, 15) is 13.2 Å². The summed E-state index contributed by atoms with van der Waals surface area (Å²) in [6.45, 7) is 9.20. The molecule has 0 aliphatic rings. The van der Waals surface area contributed by atoms with E-state index in [0.717, 1.165) is 48.1 Å². The molecule has 39 heavy (non-hydrogen) atoms. The third-order valence-electron chi connectivity index (χ3n) is 6.70. The second-order valence-corrected chi connectivity index (χ2v) is 12.2. The summed E-state index contributed by atoms with van der Waals surface area (Å²) < 4.78 is 31.6. The van der Waals surface area contributed by atoms with Gasteiger partial charge in [0, 0.05) is 21.4 Å². The molecule has 0 atom stereocenters. The Hall–Kier alpha value is -3.69. The van der Waals surface area contributed by atoms with Crippen molar-refractivity contribution in [2.24, 2.45) is 5.10 Å². The lowest BCUT2D eigenvalue weighted by Crippen LogP contribution is -2.40. The fourth-order valence-corrected chi connectivity index (χ4v) is 6.35. The van der Waals surface area contributed by atoms with Gasteiger partial charge >= 0.3 is 0 Å². The van der Waals surface area contributed by atoms with Gasteiger partial charge in [-0.1, -0.05) is 42.0 Å². The van der Waals surface area contributed by atoms with Crippen molar-refractivity contribution in [2.45, 2.75) is 39.5 Å². The van der Waals surface area contributed by atoms with Crippen LogP contribution in [0.1, 0.15) is 33.6 Å². The summed E-state index contributed by atoms with van der Waals surface area (Å²) in [6, 6.07) is 21.9. The van der Waals surface area contributed by atoms with E-state index >= 15 is 0 Å². The minimum absolute atomic E-state index is 0.116. The molecule has 0 saturated carbocycles. The van der Waals surface area contributed by atoms with Crippen LogP contribution in [-0.2, 0) is 14.8 Å². The number of hydrazone groups is 1. The second kappa shape index (κ2) is 11.6. The van der Waals surface area contributed by atoms with Crippen molar-refractivity contribution in [3.63, 3.8) is 0 Å². The Balaban J connectivity index is 1.59. The van der Waals surface area contributed by atoms with Gasteiger partial charge in [-0.05, 0) is 98.1 Å². The molecule has 1 aromatic heterocycles. The molecule has 0 fully saturated rings. The Labute approximate surface area is 238 Å². The molecule has 4 aromatic rings. The average Bonchev–Trinajstić information content (AvgIpc) is 3.17. The first kappa shape index (κ1) is 28.3. The Kier molecular flexibility index (Phi) is 8.42. The fraction of sp³-hybridized carbons (Fsp3) is 0.200. The van der Waals surface area contributed by atoms with E-state index in [1.54, 1.807) is 42.6 Å². The number of nitrogens with zero attached hydrogens (tertiary/aromatic N) is 3. The number of anilines is 1. The Morgan fingerprint density at radius 1 is 0.974 bits per heavy atom. The molecule has 202 valence electrons. The highest BCUT2D eigenvalue weighted by Gasteiger charge is 2.28. The van der Waals surface area contributed by atoms with Crippen molar-refractivity contribution in [1.29, 1.82) is 0 Å². The van der Waals surface area contributed by atoms with Gasteiger partial charge in [-0.25, -0.2) is 13.8 Å². The zero-order valence-corrected chi connectivity index (χ0v) is 25.0. The molecule has 4 rings (SSSR count). The van der Waals surface area contributed by atoms with E-state index < -0.39 is 22.5 Å². The van der Waals surface area contributed by atoms with Gasteiger partial charge in [0.25, 0.3) is 15.9 Å². The largest absolute Gasteiger partial charge is 0.317 e. The van der Waals surface area contributed by atoms with Crippen molar-refractivity contribution in [3.05, 3.63) is 111 Å². The first-order valence-electron chi connectivity index (χ1n) is 12.4. The topological polar surface area (TPSA) is 83.8 Å². The molecule has 1 amide bonds. The van der Waals surface area contributed by atoms with E-state index in [1.165, 1.54) is 0 Å². The lowest BCUT2D eigenvalue weighted by Gasteiger charge is -2.26. The van der Waals surface area contributed by atoms with Gasteiger partial charge in [-0.15, -0.1) is 0 Å². The van der Waals surface area contributed by atoms with Crippen LogP contribution >= 0.6 is 15.9 Å². The van der Waals surface area contributed by atoms with Crippen LogP contribution in [0.25, 0.3) is 5.69 Å². The minimum atomic E-state index is -4.01. The highest BCUT2D eigenvalue weighted by Crippen LogP contribution is 2.29. The van der Waals surface area contributed by atoms with Crippen molar-refractivity contribution in [1.82, 2.24) is 9.99 Å². The molecule has 0 unspecified atom stereocenters. The standard InChI is InChI=1S/C30H31BrN4O3S/c1-20-13-15-26(16-14-20)39(37,38)34(28-12-8-9-21(2)23(28)4)19-30(36)33-32-18-25-17-22(3)35(24(25)5)29-11-7-6-10-27(29)31/h6-18H,19H2,1-5H3,(H,33,36)/b32-18-. The van der Waals surface area contributed by atoms with Crippen molar-refractivity contribution < 1.29 is 13.2 Å². The number of aryl methyl sites for hydroxylation is 3. The Morgan fingerprint density at radius 2 is 1.67 bits per heavy atom. The molecular weight excluding hydrogens is 576 g/mol. The Bertz CT molecular complexity index is 1660. The molecule has 0 aliphatic carbocycles. The number of hydrogen-bond acceptors (Lipinski definition) is 4. The zero-order chi connectivity index (χ0) is 28.3. The van der Waals surface area contributed by atoms with Gasteiger partial charge in [0.2, 0.25) is 0 Å². The summed E-state index contributed by atoms with van der Waals surface area (Å²) in [4.78, 5) is 13.1. The van der Waals surface area contributed by atoms with Gasteiger partial charge in [-0.3, -0.25) is 9.10 Å². The van der Waals surface area contributed by atoms with E-state index in [-0.39, 0.29) is 4.90 Å². The molecule has 0 aliphatic heterocycles. The van der Waals surface area contributed by atoms with Crippen LogP contribution in [0.2, 0.25) is 0 Å². The van der Waals surface area contributed by atoms with E-state index in [0.29, 0.717) is 5.69 Å². The number of aromatic nitrogens is 1. The maximum Gasteiger partial charge on any atom is 0.264 e. The van der Waals surface area contributed by atoms with Crippen molar-refractivity contribution in [3.8, 4) is 5.69 Å². The molecule has 0 radical (unpaired) electrons.